The SMILES string of the molecule is CCS(=O)(=O)CC(C)NCC1(N(C)C)CCCC(C)C1. The predicted octanol–water partition coefficient (Wildman–Crippen LogP) is 1.91. The molecule has 1 aliphatic carbocycles. The van der Waals surface area contributed by atoms with E-state index in [2.05, 4.69) is 31.2 Å². The fraction of sp³-hybridized carbons (Fsp3) is 1.00. The van der Waals surface area contributed by atoms with Crippen molar-refractivity contribution in [2.24, 2.45) is 5.92 Å². The van der Waals surface area contributed by atoms with Gasteiger partial charge < -0.3 is 10.2 Å². The molecule has 20 heavy (non-hydrogen) atoms. The Hall–Kier alpha value is -0.130. The van der Waals surface area contributed by atoms with Crippen molar-refractivity contribution in [2.45, 2.75) is 58.0 Å². The second-order valence-corrected chi connectivity index (χ2v) is 9.20. The maximum absolute atomic E-state index is 11.7. The van der Waals surface area contributed by atoms with Gasteiger partial charge in [0.05, 0.1) is 5.75 Å². The molecule has 120 valence electrons. The lowest BCUT2D eigenvalue weighted by molar-refractivity contribution is 0.0734. The molecule has 0 bridgehead atoms. The van der Waals surface area contributed by atoms with Crippen LogP contribution in [0.15, 0.2) is 0 Å². The van der Waals surface area contributed by atoms with Crippen LogP contribution in [0.5, 0.6) is 0 Å². The van der Waals surface area contributed by atoms with Crippen LogP contribution in [-0.2, 0) is 9.84 Å². The highest BCUT2D eigenvalue weighted by atomic mass is 32.2. The van der Waals surface area contributed by atoms with Crippen molar-refractivity contribution < 1.29 is 8.42 Å². The number of likely N-dealkylation sites (N-methyl/N-ethyl adjacent to an activating group) is 1. The van der Waals surface area contributed by atoms with Crippen LogP contribution >= 0.6 is 0 Å². The molecule has 1 fully saturated rings. The lowest BCUT2D eigenvalue weighted by Gasteiger charge is -2.46. The van der Waals surface area contributed by atoms with Crippen LogP contribution in [0.4, 0.5) is 0 Å². The van der Waals surface area contributed by atoms with Crippen LogP contribution in [-0.4, -0.2) is 57.0 Å². The summed E-state index contributed by atoms with van der Waals surface area (Å²) >= 11 is 0. The van der Waals surface area contributed by atoms with Gasteiger partial charge in [0.2, 0.25) is 0 Å². The number of rotatable bonds is 7. The Kier molecular flexibility index (Phi) is 6.48. The summed E-state index contributed by atoms with van der Waals surface area (Å²) < 4.78 is 23.4. The van der Waals surface area contributed by atoms with E-state index in [9.17, 15) is 8.42 Å². The fourth-order valence-electron chi connectivity index (χ4n) is 3.28. The molecule has 3 atom stereocenters. The Morgan fingerprint density at radius 2 is 2.05 bits per heavy atom. The Bertz CT molecular complexity index is 395. The fourth-order valence-corrected chi connectivity index (χ4v) is 4.39. The molecule has 4 nitrogen and oxygen atoms in total. The van der Waals surface area contributed by atoms with E-state index in [0.717, 1.165) is 12.5 Å². The van der Waals surface area contributed by atoms with Gasteiger partial charge in [-0.25, -0.2) is 8.42 Å². The van der Waals surface area contributed by atoms with Gasteiger partial charge in [-0.3, -0.25) is 0 Å². The largest absolute Gasteiger partial charge is 0.311 e. The van der Waals surface area contributed by atoms with Gasteiger partial charge in [-0.15, -0.1) is 0 Å². The summed E-state index contributed by atoms with van der Waals surface area (Å²) in [7, 11) is 1.39. The van der Waals surface area contributed by atoms with Gasteiger partial charge in [0.25, 0.3) is 0 Å². The van der Waals surface area contributed by atoms with Crippen LogP contribution in [0.1, 0.15) is 46.5 Å². The predicted molar refractivity (Wildman–Crippen MR) is 85.8 cm³/mol. The first-order valence-corrected chi connectivity index (χ1v) is 9.64. The Balaban J connectivity index is 2.59. The third-order valence-corrected chi connectivity index (χ3v) is 6.63. The Labute approximate surface area is 125 Å². The Morgan fingerprint density at radius 1 is 1.40 bits per heavy atom. The van der Waals surface area contributed by atoms with Crippen molar-refractivity contribution in [3.63, 3.8) is 0 Å². The maximum Gasteiger partial charge on any atom is 0.151 e. The van der Waals surface area contributed by atoms with Crippen molar-refractivity contribution in [1.82, 2.24) is 10.2 Å². The minimum atomic E-state index is -2.90. The quantitative estimate of drug-likeness (QED) is 0.780. The third-order valence-electron chi connectivity index (χ3n) is 4.74. The second-order valence-electron chi connectivity index (χ2n) is 6.80. The van der Waals surface area contributed by atoms with E-state index in [1.165, 1.54) is 25.7 Å². The molecule has 0 radical (unpaired) electrons. The minimum Gasteiger partial charge on any atom is -0.311 e. The number of hydrogen-bond acceptors (Lipinski definition) is 4. The van der Waals surface area contributed by atoms with E-state index >= 15 is 0 Å². The number of nitrogens with one attached hydrogen (secondary N) is 1. The van der Waals surface area contributed by atoms with Gasteiger partial charge >= 0.3 is 0 Å². The first kappa shape index (κ1) is 17.9. The molecular weight excluding hydrogens is 272 g/mol. The second kappa shape index (κ2) is 7.23. The average Bonchev–Trinajstić information content (AvgIpc) is 2.36. The first-order chi connectivity index (χ1) is 9.21. The van der Waals surface area contributed by atoms with E-state index in [4.69, 9.17) is 0 Å². The summed E-state index contributed by atoms with van der Waals surface area (Å²) in [5.74, 6) is 1.22. The average molecular weight is 305 g/mol. The lowest BCUT2D eigenvalue weighted by Crippen LogP contribution is -2.56. The Morgan fingerprint density at radius 3 is 2.55 bits per heavy atom. The maximum atomic E-state index is 11.7. The summed E-state index contributed by atoms with van der Waals surface area (Å²) in [5.41, 5.74) is 0.182. The molecule has 1 rings (SSSR count). The van der Waals surface area contributed by atoms with Crippen LogP contribution in [0.3, 0.4) is 0 Å². The molecule has 0 aromatic rings. The third kappa shape index (κ3) is 5.01. The van der Waals surface area contributed by atoms with E-state index in [1.807, 2.05) is 6.92 Å². The number of sulfone groups is 1. The zero-order valence-corrected chi connectivity index (χ0v) is 14.6. The molecule has 0 spiro atoms. The van der Waals surface area contributed by atoms with E-state index in [-0.39, 0.29) is 23.1 Å². The summed E-state index contributed by atoms with van der Waals surface area (Å²) in [4.78, 5) is 2.33. The van der Waals surface area contributed by atoms with Crippen LogP contribution in [0.25, 0.3) is 0 Å². The molecule has 1 saturated carbocycles. The van der Waals surface area contributed by atoms with Gasteiger partial charge in [-0.1, -0.05) is 26.7 Å². The van der Waals surface area contributed by atoms with Crippen molar-refractivity contribution in [2.75, 3.05) is 32.1 Å². The van der Waals surface area contributed by atoms with Crippen LogP contribution in [0.2, 0.25) is 0 Å². The van der Waals surface area contributed by atoms with Crippen molar-refractivity contribution in [3.05, 3.63) is 0 Å². The topological polar surface area (TPSA) is 49.4 Å². The monoisotopic (exact) mass is 304 g/mol. The van der Waals surface area contributed by atoms with Gasteiger partial charge in [-0.05, 0) is 39.8 Å². The molecule has 1 N–H and O–H groups in total. The number of nitrogens with zero attached hydrogens (tertiary/aromatic N) is 1. The molecule has 0 saturated heterocycles. The first-order valence-electron chi connectivity index (χ1n) is 7.82. The zero-order chi connectivity index (χ0) is 15.4. The summed E-state index contributed by atoms with van der Waals surface area (Å²) in [6.07, 6.45) is 4.98. The molecule has 0 aromatic heterocycles. The summed E-state index contributed by atoms with van der Waals surface area (Å²) in [6, 6.07) is 0.0222. The molecule has 0 heterocycles. The van der Waals surface area contributed by atoms with Crippen molar-refractivity contribution >= 4 is 9.84 Å². The highest BCUT2D eigenvalue weighted by molar-refractivity contribution is 7.91. The normalized spacial score (nSPS) is 29.6. The standard InChI is InChI=1S/C15H32N2O2S/c1-6-20(18,19)11-14(3)16-12-15(17(4)5)9-7-8-13(2)10-15/h13-14,16H,6-12H2,1-5H3. The molecular formula is C15H32N2O2S. The molecule has 0 amide bonds. The smallest absolute Gasteiger partial charge is 0.151 e. The molecule has 5 heteroatoms. The number of hydrogen-bond donors (Lipinski definition) is 1. The summed E-state index contributed by atoms with van der Waals surface area (Å²) in [6.45, 7) is 6.89. The van der Waals surface area contributed by atoms with Crippen LogP contribution < -0.4 is 5.32 Å². The van der Waals surface area contributed by atoms with Crippen molar-refractivity contribution in [3.8, 4) is 0 Å². The van der Waals surface area contributed by atoms with Gasteiger partial charge in [0.15, 0.2) is 9.84 Å². The van der Waals surface area contributed by atoms with E-state index in [1.54, 1.807) is 6.92 Å². The van der Waals surface area contributed by atoms with Crippen LogP contribution in [0, 0.1) is 5.92 Å². The molecule has 0 aromatic carbocycles. The minimum absolute atomic E-state index is 0.0222. The zero-order valence-electron chi connectivity index (χ0n) is 13.8. The van der Waals surface area contributed by atoms with Gasteiger partial charge in [0.1, 0.15) is 0 Å². The van der Waals surface area contributed by atoms with Gasteiger partial charge in [-0.2, -0.15) is 0 Å². The van der Waals surface area contributed by atoms with E-state index in [0.29, 0.717) is 0 Å². The molecule has 1 aliphatic rings. The molecule has 3 unspecified atom stereocenters. The van der Waals surface area contributed by atoms with E-state index < -0.39 is 9.84 Å². The molecule has 0 aliphatic heterocycles. The highest BCUT2D eigenvalue weighted by Gasteiger charge is 2.36. The highest BCUT2D eigenvalue weighted by Crippen LogP contribution is 2.35. The lowest BCUT2D eigenvalue weighted by atomic mass is 9.75. The summed E-state index contributed by atoms with van der Waals surface area (Å²) in [5, 5.41) is 3.46. The van der Waals surface area contributed by atoms with Gasteiger partial charge in [0, 0.05) is 23.9 Å². The van der Waals surface area contributed by atoms with Crippen molar-refractivity contribution in [1.29, 1.82) is 0 Å².